The van der Waals surface area contributed by atoms with Crippen molar-refractivity contribution in [1.29, 1.82) is 5.26 Å². The van der Waals surface area contributed by atoms with Crippen LogP contribution in [0.3, 0.4) is 0 Å². The number of hydrogen-bond donors (Lipinski definition) is 0. The third-order valence-corrected chi connectivity index (χ3v) is 2.84. The van der Waals surface area contributed by atoms with Gasteiger partial charge in [0.25, 0.3) is 0 Å². The Hall–Kier alpha value is -2.80. The predicted octanol–water partition coefficient (Wildman–Crippen LogP) is 3.24. The van der Waals surface area contributed by atoms with E-state index in [0.717, 1.165) is 5.56 Å². The lowest BCUT2D eigenvalue weighted by Crippen LogP contribution is -2.28. The minimum atomic E-state index is -0.720. The van der Waals surface area contributed by atoms with E-state index < -0.39 is 12.1 Å². The molecule has 0 saturated heterocycles. The summed E-state index contributed by atoms with van der Waals surface area (Å²) in [4.78, 5) is 11.9. The average Bonchev–Trinajstić information content (AvgIpc) is 2.48. The van der Waals surface area contributed by atoms with Crippen LogP contribution in [0.1, 0.15) is 18.1 Å². The molecular weight excluding hydrogens is 266 g/mol. The first-order chi connectivity index (χ1) is 10.1. The summed E-state index contributed by atoms with van der Waals surface area (Å²) < 4.78 is 10.8. The maximum atomic E-state index is 11.9. The van der Waals surface area contributed by atoms with E-state index in [9.17, 15) is 4.79 Å². The zero-order valence-corrected chi connectivity index (χ0v) is 11.9. The van der Waals surface area contributed by atoms with E-state index in [1.54, 1.807) is 37.3 Å². The second kappa shape index (κ2) is 6.58. The normalized spacial score (nSPS) is 11.3. The predicted molar refractivity (Wildman–Crippen MR) is 78.1 cm³/mol. The first kappa shape index (κ1) is 14.6. The highest BCUT2D eigenvalue weighted by atomic mass is 16.6. The smallest absolute Gasteiger partial charge is 0.352 e. The van der Waals surface area contributed by atoms with E-state index >= 15 is 0 Å². The van der Waals surface area contributed by atoms with Crippen molar-refractivity contribution in [2.45, 2.75) is 20.0 Å². The highest BCUT2D eigenvalue weighted by Gasteiger charge is 2.17. The molecule has 0 saturated carbocycles. The highest BCUT2D eigenvalue weighted by molar-refractivity contribution is 5.77. The fraction of sp³-hybridized carbons (Fsp3) is 0.176. The number of carbonyl (C=O) groups excluding carboxylic acids is 1. The van der Waals surface area contributed by atoms with Crippen LogP contribution in [0.4, 0.5) is 0 Å². The lowest BCUT2D eigenvalue weighted by Gasteiger charge is -2.14. The summed E-state index contributed by atoms with van der Waals surface area (Å²) in [6.07, 6.45) is -0.720. The fourth-order valence-corrected chi connectivity index (χ4v) is 1.74. The van der Waals surface area contributed by atoms with Gasteiger partial charge < -0.3 is 9.47 Å². The maximum Gasteiger partial charge on any atom is 0.352 e. The second-order valence-corrected chi connectivity index (χ2v) is 4.63. The van der Waals surface area contributed by atoms with E-state index in [2.05, 4.69) is 0 Å². The van der Waals surface area contributed by atoms with Gasteiger partial charge in [0.1, 0.15) is 11.5 Å². The third kappa shape index (κ3) is 4.08. The molecule has 0 aromatic heterocycles. The van der Waals surface area contributed by atoms with Gasteiger partial charge >= 0.3 is 5.97 Å². The number of nitrogens with zero attached hydrogens (tertiary/aromatic N) is 1. The number of ether oxygens (including phenoxy) is 2. The maximum absolute atomic E-state index is 11.9. The molecule has 0 fully saturated rings. The monoisotopic (exact) mass is 281 g/mol. The minimum absolute atomic E-state index is 0.388. The van der Waals surface area contributed by atoms with Crippen molar-refractivity contribution in [2.75, 3.05) is 0 Å². The Balaban J connectivity index is 1.97. The van der Waals surface area contributed by atoms with Crippen LogP contribution in [-0.4, -0.2) is 12.1 Å². The lowest BCUT2D eigenvalue weighted by molar-refractivity contribution is -0.141. The number of hydrogen-bond acceptors (Lipinski definition) is 4. The van der Waals surface area contributed by atoms with Crippen molar-refractivity contribution in [2.24, 2.45) is 0 Å². The Morgan fingerprint density at radius 2 is 1.86 bits per heavy atom. The Bertz CT molecular complexity index is 671. The molecule has 2 rings (SSSR count). The number of benzene rings is 2. The van der Waals surface area contributed by atoms with Crippen molar-refractivity contribution in [3.05, 3.63) is 59.7 Å². The largest absolute Gasteiger partial charge is 0.479 e. The molecule has 0 spiro atoms. The molecule has 1 atom stereocenters. The zero-order chi connectivity index (χ0) is 15.2. The molecule has 0 bridgehead atoms. The Morgan fingerprint density at radius 3 is 2.48 bits per heavy atom. The quantitative estimate of drug-likeness (QED) is 0.637. The molecule has 0 aliphatic rings. The van der Waals surface area contributed by atoms with Crippen LogP contribution < -0.4 is 9.47 Å². The van der Waals surface area contributed by atoms with Crippen LogP contribution in [0.2, 0.25) is 0 Å². The van der Waals surface area contributed by atoms with Gasteiger partial charge in [-0.05, 0) is 55.8 Å². The van der Waals surface area contributed by atoms with Crippen molar-refractivity contribution in [3.8, 4) is 17.6 Å². The van der Waals surface area contributed by atoms with E-state index in [1.165, 1.54) is 0 Å². The molecule has 2 aromatic carbocycles. The summed E-state index contributed by atoms with van der Waals surface area (Å²) in [6, 6.07) is 15.8. The lowest BCUT2D eigenvalue weighted by atomic mass is 10.2. The van der Waals surface area contributed by atoms with Gasteiger partial charge in [0.15, 0.2) is 6.10 Å². The Labute approximate surface area is 123 Å². The third-order valence-electron chi connectivity index (χ3n) is 2.84. The van der Waals surface area contributed by atoms with Gasteiger partial charge in [0, 0.05) is 0 Å². The number of carbonyl (C=O) groups is 1. The van der Waals surface area contributed by atoms with Gasteiger partial charge in [-0.15, -0.1) is 0 Å². The van der Waals surface area contributed by atoms with Gasteiger partial charge in [0.05, 0.1) is 11.6 Å². The summed E-state index contributed by atoms with van der Waals surface area (Å²) in [5.74, 6) is 0.527. The summed E-state index contributed by atoms with van der Waals surface area (Å²) in [7, 11) is 0. The van der Waals surface area contributed by atoms with Crippen molar-refractivity contribution >= 4 is 5.97 Å². The van der Waals surface area contributed by atoms with Gasteiger partial charge in [-0.3, -0.25) is 0 Å². The Morgan fingerprint density at radius 1 is 1.14 bits per heavy atom. The minimum Gasteiger partial charge on any atom is -0.479 e. The van der Waals surface area contributed by atoms with Crippen LogP contribution in [0.15, 0.2) is 48.5 Å². The van der Waals surface area contributed by atoms with Crippen molar-refractivity contribution in [3.63, 3.8) is 0 Å². The molecule has 106 valence electrons. The summed E-state index contributed by atoms with van der Waals surface area (Å²) in [6.45, 7) is 3.58. The number of esters is 1. The average molecular weight is 281 g/mol. The SMILES string of the molecule is Cc1cccc(O[C@H](C)C(=O)Oc2ccc(C#N)cc2)c1. The van der Waals surface area contributed by atoms with Crippen LogP contribution in [0.25, 0.3) is 0 Å². The molecule has 0 radical (unpaired) electrons. The van der Waals surface area contributed by atoms with E-state index in [-0.39, 0.29) is 0 Å². The topological polar surface area (TPSA) is 59.3 Å². The summed E-state index contributed by atoms with van der Waals surface area (Å²) in [5, 5.41) is 8.71. The molecule has 0 unspecified atom stereocenters. The molecule has 0 amide bonds. The molecule has 4 heteroatoms. The molecule has 21 heavy (non-hydrogen) atoms. The highest BCUT2D eigenvalue weighted by Crippen LogP contribution is 2.16. The molecule has 0 aliphatic carbocycles. The first-order valence-corrected chi connectivity index (χ1v) is 6.53. The Kier molecular flexibility index (Phi) is 4.57. The van der Waals surface area contributed by atoms with Gasteiger partial charge in [0.2, 0.25) is 0 Å². The fourth-order valence-electron chi connectivity index (χ4n) is 1.74. The van der Waals surface area contributed by atoms with Gasteiger partial charge in [-0.25, -0.2) is 4.79 Å². The van der Waals surface area contributed by atoms with Crippen LogP contribution in [0, 0.1) is 18.3 Å². The second-order valence-electron chi connectivity index (χ2n) is 4.63. The van der Waals surface area contributed by atoms with Crippen LogP contribution >= 0.6 is 0 Å². The molecule has 0 heterocycles. The molecule has 0 aliphatic heterocycles. The van der Waals surface area contributed by atoms with Crippen LogP contribution in [-0.2, 0) is 4.79 Å². The summed E-state index contributed by atoms with van der Waals surface area (Å²) >= 11 is 0. The molecular formula is C17H15NO3. The molecule has 4 nitrogen and oxygen atoms in total. The molecule has 0 N–H and O–H groups in total. The van der Waals surface area contributed by atoms with Gasteiger partial charge in [-0.1, -0.05) is 12.1 Å². The first-order valence-electron chi connectivity index (χ1n) is 6.53. The number of nitriles is 1. The van der Waals surface area contributed by atoms with E-state index in [0.29, 0.717) is 17.1 Å². The number of rotatable bonds is 4. The van der Waals surface area contributed by atoms with Crippen molar-refractivity contribution in [1.82, 2.24) is 0 Å². The standard InChI is InChI=1S/C17H15NO3/c1-12-4-3-5-16(10-12)20-13(2)17(19)21-15-8-6-14(11-18)7-9-15/h3-10,13H,1-2H3/t13-/m1/s1. The zero-order valence-electron chi connectivity index (χ0n) is 11.9. The van der Waals surface area contributed by atoms with E-state index in [1.807, 2.05) is 31.2 Å². The van der Waals surface area contributed by atoms with Crippen LogP contribution in [0.5, 0.6) is 11.5 Å². The van der Waals surface area contributed by atoms with E-state index in [4.69, 9.17) is 14.7 Å². The van der Waals surface area contributed by atoms with Gasteiger partial charge in [-0.2, -0.15) is 5.26 Å². The van der Waals surface area contributed by atoms with Crippen molar-refractivity contribution < 1.29 is 14.3 Å². The molecule has 2 aromatic rings. The number of aryl methyl sites for hydroxylation is 1. The summed E-state index contributed by atoms with van der Waals surface area (Å²) in [5.41, 5.74) is 1.57.